The maximum atomic E-state index is 11.8. The molecule has 0 spiro atoms. The second kappa shape index (κ2) is 6.73. The summed E-state index contributed by atoms with van der Waals surface area (Å²) in [4.78, 5) is 22.8. The largest absolute Gasteiger partial charge is 0.354 e. The maximum Gasteiger partial charge on any atom is 0.234 e. The number of hydrogen-bond donors (Lipinski definition) is 3. The van der Waals surface area contributed by atoms with E-state index in [1.807, 2.05) is 0 Å². The van der Waals surface area contributed by atoms with Crippen LogP contribution < -0.4 is 16.0 Å². The molecular weight excluding hydrogens is 230 g/mol. The van der Waals surface area contributed by atoms with Crippen molar-refractivity contribution in [2.45, 2.75) is 57.0 Å². The van der Waals surface area contributed by atoms with E-state index in [4.69, 9.17) is 0 Å². The molecule has 1 atom stereocenters. The highest BCUT2D eigenvalue weighted by molar-refractivity contribution is 5.80. The SMILES string of the molecule is O=C1CC(NCC(=O)NC2CCCCCC2)CN1. The van der Waals surface area contributed by atoms with Gasteiger partial charge in [0, 0.05) is 25.0 Å². The van der Waals surface area contributed by atoms with E-state index < -0.39 is 0 Å². The summed E-state index contributed by atoms with van der Waals surface area (Å²) >= 11 is 0. The van der Waals surface area contributed by atoms with Gasteiger partial charge in [-0.3, -0.25) is 9.59 Å². The Balaban J connectivity index is 1.63. The molecule has 0 aromatic heterocycles. The van der Waals surface area contributed by atoms with Crippen LogP contribution in [-0.4, -0.2) is 37.0 Å². The van der Waals surface area contributed by atoms with Crippen molar-refractivity contribution >= 4 is 11.8 Å². The third kappa shape index (κ3) is 4.29. The third-order valence-corrected chi connectivity index (χ3v) is 3.75. The minimum Gasteiger partial charge on any atom is -0.354 e. The van der Waals surface area contributed by atoms with Gasteiger partial charge in [-0.05, 0) is 12.8 Å². The van der Waals surface area contributed by atoms with Crippen molar-refractivity contribution in [1.82, 2.24) is 16.0 Å². The second-order valence-corrected chi connectivity index (χ2v) is 5.34. The molecule has 1 heterocycles. The molecular formula is C13H23N3O2. The summed E-state index contributed by atoms with van der Waals surface area (Å²) in [7, 11) is 0. The molecule has 5 nitrogen and oxygen atoms in total. The molecule has 1 saturated heterocycles. The van der Waals surface area contributed by atoms with Crippen molar-refractivity contribution in [2.75, 3.05) is 13.1 Å². The summed E-state index contributed by atoms with van der Waals surface area (Å²) in [6.45, 7) is 0.950. The average molecular weight is 253 g/mol. The van der Waals surface area contributed by atoms with Crippen LogP contribution in [-0.2, 0) is 9.59 Å². The Kier molecular flexibility index (Phi) is 4.99. The predicted octanol–water partition coefficient (Wildman–Crippen LogP) is 0.303. The summed E-state index contributed by atoms with van der Waals surface area (Å²) < 4.78 is 0. The van der Waals surface area contributed by atoms with Crippen molar-refractivity contribution in [2.24, 2.45) is 0 Å². The van der Waals surface area contributed by atoms with Crippen LogP contribution >= 0.6 is 0 Å². The van der Waals surface area contributed by atoms with E-state index in [1.165, 1.54) is 25.7 Å². The predicted molar refractivity (Wildman–Crippen MR) is 69.1 cm³/mol. The van der Waals surface area contributed by atoms with E-state index in [2.05, 4.69) is 16.0 Å². The van der Waals surface area contributed by atoms with E-state index in [1.54, 1.807) is 0 Å². The fourth-order valence-corrected chi connectivity index (χ4v) is 2.69. The molecule has 3 N–H and O–H groups in total. The molecule has 0 radical (unpaired) electrons. The van der Waals surface area contributed by atoms with Gasteiger partial charge in [-0.15, -0.1) is 0 Å². The maximum absolute atomic E-state index is 11.8. The molecule has 5 heteroatoms. The monoisotopic (exact) mass is 253 g/mol. The molecule has 0 aromatic rings. The Morgan fingerprint density at radius 2 is 1.89 bits per heavy atom. The fraction of sp³-hybridized carbons (Fsp3) is 0.846. The van der Waals surface area contributed by atoms with E-state index >= 15 is 0 Å². The lowest BCUT2D eigenvalue weighted by Crippen LogP contribution is -2.43. The second-order valence-electron chi connectivity index (χ2n) is 5.34. The lowest BCUT2D eigenvalue weighted by Gasteiger charge is -2.17. The van der Waals surface area contributed by atoms with Gasteiger partial charge in [-0.25, -0.2) is 0 Å². The quantitative estimate of drug-likeness (QED) is 0.631. The Morgan fingerprint density at radius 3 is 2.50 bits per heavy atom. The molecule has 2 amide bonds. The average Bonchev–Trinajstić information content (AvgIpc) is 2.60. The van der Waals surface area contributed by atoms with Crippen molar-refractivity contribution in [3.63, 3.8) is 0 Å². The molecule has 1 aliphatic carbocycles. The van der Waals surface area contributed by atoms with Crippen molar-refractivity contribution in [1.29, 1.82) is 0 Å². The molecule has 1 aliphatic heterocycles. The Bertz CT molecular complexity index is 299. The summed E-state index contributed by atoms with van der Waals surface area (Å²) in [5, 5.41) is 8.96. The minimum absolute atomic E-state index is 0.0567. The number of carbonyl (C=O) groups is 2. The summed E-state index contributed by atoms with van der Waals surface area (Å²) in [5.41, 5.74) is 0. The highest BCUT2D eigenvalue weighted by Gasteiger charge is 2.22. The highest BCUT2D eigenvalue weighted by atomic mass is 16.2. The summed E-state index contributed by atoms with van der Waals surface area (Å²) in [5.74, 6) is 0.123. The first-order valence-corrected chi connectivity index (χ1v) is 7.03. The van der Waals surface area contributed by atoms with Gasteiger partial charge in [0.15, 0.2) is 0 Å². The summed E-state index contributed by atoms with van der Waals surface area (Å²) in [6, 6.07) is 0.461. The van der Waals surface area contributed by atoms with Gasteiger partial charge in [0.25, 0.3) is 0 Å². The molecule has 2 aliphatic rings. The van der Waals surface area contributed by atoms with Crippen LogP contribution in [0.5, 0.6) is 0 Å². The van der Waals surface area contributed by atoms with Gasteiger partial charge in [-0.1, -0.05) is 25.7 Å². The zero-order valence-electron chi connectivity index (χ0n) is 10.8. The Morgan fingerprint density at radius 1 is 1.17 bits per heavy atom. The topological polar surface area (TPSA) is 70.2 Å². The molecule has 1 saturated carbocycles. The van der Waals surface area contributed by atoms with Crippen LogP contribution in [0.3, 0.4) is 0 Å². The van der Waals surface area contributed by atoms with Gasteiger partial charge in [0.2, 0.25) is 11.8 Å². The molecule has 18 heavy (non-hydrogen) atoms. The molecule has 2 fully saturated rings. The van der Waals surface area contributed by atoms with Crippen molar-refractivity contribution < 1.29 is 9.59 Å². The van der Waals surface area contributed by atoms with Crippen molar-refractivity contribution in [3.8, 4) is 0 Å². The first-order valence-electron chi connectivity index (χ1n) is 7.03. The smallest absolute Gasteiger partial charge is 0.234 e. The van der Waals surface area contributed by atoms with Gasteiger partial charge in [0.05, 0.1) is 6.54 Å². The fourth-order valence-electron chi connectivity index (χ4n) is 2.69. The van der Waals surface area contributed by atoms with Crippen LogP contribution in [0.1, 0.15) is 44.9 Å². The zero-order valence-corrected chi connectivity index (χ0v) is 10.8. The molecule has 2 rings (SSSR count). The number of carbonyl (C=O) groups excluding carboxylic acids is 2. The first-order chi connectivity index (χ1) is 8.74. The standard InChI is InChI=1S/C13H23N3O2/c17-12-7-11(8-15-12)14-9-13(18)16-10-5-3-1-2-4-6-10/h10-11,14H,1-9H2,(H,15,17)(H,16,18). The van der Waals surface area contributed by atoms with Crippen molar-refractivity contribution in [3.05, 3.63) is 0 Å². The number of hydrogen-bond acceptors (Lipinski definition) is 3. The molecule has 1 unspecified atom stereocenters. The van der Waals surface area contributed by atoms with Gasteiger partial charge < -0.3 is 16.0 Å². The normalized spacial score (nSPS) is 25.6. The number of nitrogens with one attached hydrogen (secondary N) is 3. The Labute approximate surface area is 108 Å². The van der Waals surface area contributed by atoms with E-state index in [9.17, 15) is 9.59 Å². The lowest BCUT2D eigenvalue weighted by atomic mass is 10.1. The Hall–Kier alpha value is -1.10. The third-order valence-electron chi connectivity index (χ3n) is 3.75. The zero-order chi connectivity index (χ0) is 12.8. The minimum atomic E-state index is 0.0567. The van der Waals surface area contributed by atoms with E-state index in [-0.39, 0.29) is 17.9 Å². The molecule has 0 bridgehead atoms. The number of rotatable bonds is 4. The van der Waals surface area contributed by atoms with Gasteiger partial charge in [0.1, 0.15) is 0 Å². The first kappa shape index (κ1) is 13.3. The van der Waals surface area contributed by atoms with E-state index in [0.717, 1.165) is 12.8 Å². The van der Waals surface area contributed by atoms with E-state index in [0.29, 0.717) is 25.6 Å². The van der Waals surface area contributed by atoms with Crippen LogP contribution in [0.2, 0.25) is 0 Å². The van der Waals surface area contributed by atoms with Crippen LogP contribution in [0.4, 0.5) is 0 Å². The molecule has 102 valence electrons. The lowest BCUT2D eigenvalue weighted by molar-refractivity contribution is -0.121. The van der Waals surface area contributed by atoms with Gasteiger partial charge >= 0.3 is 0 Å². The van der Waals surface area contributed by atoms with Gasteiger partial charge in [-0.2, -0.15) is 0 Å². The molecule has 0 aromatic carbocycles. The summed E-state index contributed by atoms with van der Waals surface area (Å²) in [6.07, 6.45) is 7.72. The van der Waals surface area contributed by atoms with Crippen LogP contribution in [0, 0.1) is 0 Å². The van der Waals surface area contributed by atoms with Crippen LogP contribution in [0.25, 0.3) is 0 Å². The number of amides is 2. The van der Waals surface area contributed by atoms with Crippen LogP contribution in [0.15, 0.2) is 0 Å². The highest BCUT2D eigenvalue weighted by Crippen LogP contribution is 2.16.